The van der Waals surface area contributed by atoms with E-state index in [4.69, 9.17) is 4.74 Å². The fraction of sp³-hybridized carbons (Fsp3) is 0.846. The molecule has 0 fully saturated rings. The molecule has 0 aromatic carbocycles. The van der Waals surface area contributed by atoms with Gasteiger partial charge in [-0.3, -0.25) is 0 Å². The zero-order chi connectivity index (χ0) is 11.3. The van der Waals surface area contributed by atoms with Gasteiger partial charge in [-0.15, -0.1) is 0 Å². The number of methoxy groups -OCH3 is 1. The normalized spacial score (nSPS) is 24.8. The van der Waals surface area contributed by atoms with Gasteiger partial charge < -0.3 is 9.84 Å². The molecule has 0 saturated carbocycles. The third kappa shape index (κ3) is 2.82. The third-order valence-electron chi connectivity index (χ3n) is 3.52. The van der Waals surface area contributed by atoms with E-state index in [9.17, 15) is 5.11 Å². The van der Waals surface area contributed by atoms with Crippen molar-refractivity contribution < 1.29 is 9.84 Å². The molecule has 1 atom stereocenters. The number of aliphatic hydroxyl groups is 1. The second-order valence-corrected chi connectivity index (χ2v) is 4.69. The monoisotopic (exact) mass is 212 g/mol. The topological polar surface area (TPSA) is 29.5 Å². The molecule has 0 amide bonds. The van der Waals surface area contributed by atoms with Crippen molar-refractivity contribution in [3.8, 4) is 0 Å². The Labute approximate surface area is 93.3 Å². The van der Waals surface area contributed by atoms with Crippen LogP contribution in [0.5, 0.6) is 0 Å². The predicted molar refractivity (Wildman–Crippen MR) is 62.9 cm³/mol. The van der Waals surface area contributed by atoms with E-state index >= 15 is 0 Å². The van der Waals surface area contributed by atoms with Crippen LogP contribution in [0, 0.1) is 5.41 Å². The molecule has 0 heterocycles. The molecule has 0 saturated heterocycles. The summed E-state index contributed by atoms with van der Waals surface area (Å²) in [4.78, 5) is 0. The summed E-state index contributed by atoms with van der Waals surface area (Å²) in [5, 5.41) is 9.34. The summed E-state index contributed by atoms with van der Waals surface area (Å²) >= 11 is 0. The smallest absolute Gasteiger partial charge is 0.0685 e. The summed E-state index contributed by atoms with van der Waals surface area (Å²) in [5.41, 5.74) is 2.77. The van der Waals surface area contributed by atoms with Crippen molar-refractivity contribution in [3.63, 3.8) is 0 Å². The average Bonchev–Trinajstić information content (AvgIpc) is 2.80. The van der Waals surface area contributed by atoms with Crippen LogP contribution in [0.3, 0.4) is 0 Å². The van der Waals surface area contributed by atoms with Gasteiger partial charge in [0.2, 0.25) is 0 Å². The molecule has 2 heteroatoms. The van der Waals surface area contributed by atoms with E-state index in [1.807, 2.05) is 0 Å². The van der Waals surface area contributed by atoms with Gasteiger partial charge >= 0.3 is 0 Å². The molecular weight excluding hydrogens is 188 g/mol. The van der Waals surface area contributed by atoms with Crippen molar-refractivity contribution in [2.24, 2.45) is 5.41 Å². The van der Waals surface area contributed by atoms with E-state index in [2.05, 4.69) is 13.8 Å². The van der Waals surface area contributed by atoms with Crippen molar-refractivity contribution in [2.75, 3.05) is 20.3 Å². The highest BCUT2D eigenvalue weighted by atomic mass is 16.5. The van der Waals surface area contributed by atoms with Crippen LogP contribution in [-0.2, 0) is 4.74 Å². The number of aliphatic hydroxyl groups excluding tert-OH is 1. The number of rotatable bonds is 8. The first kappa shape index (κ1) is 12.7. The number of hydrogen-bond donors (Lipinski definition) is 1. The minimum absolute atomic E-state index is 0.0117. The van der Waals surface area contributed by atoms with Gasteiger partial charge in [-0.2, -0.15) is 0 Å². The van der Waals surface area contributed by atoms with E-state index in [1.54, 1.807) is 7.11 Å². The number of hydrogen-bond acceptors (Lipinski definition) is 2. The van der Waals surface area contributed by atoms with Gasteiger partial charge in [0.1, 0.15) is 0 Å². The van der Waals surface area contributed by atoms with E-state index in [1.165, 1.54) is 36.8 Å². The molecule has 0 aliphatic heterocycles. The Balaban J connectivity index is 2.32. The summed E-state index contributed by atoms with van der Waals surface area (Å²) in [5.74, 6) is 0. The van der Waals surface area contributed by atoms with E-state index < -0.39 is 0 Å². The number of unbranched alkanes of at least 4 members (excludes halogenated alkanes) is 3. The maximum atomic E-state index is 9.34. The van der Waals surface area contributed by atoms with Gasteiger partial charge in [-0.25, -0.2) is 0 Å². The van der Waals surface area contributed by atoms with Crippen molar-refractivity contribution in [2.45, 2.75) is 46.0 Å². The molecule has 0 radical (unpaired) electrons. The highest BCUT2D eigenvalue weighted by Crippen LogP contribution is 2.54. The van der Waals surface area contributed by atoms with Crippen LogP contribution in [0.2, 0.25) is 0 Å². The Hall–Kier alpha value is -0.340. The average molecular weight is 212 g/mol. The van der Waals surface area contributed by atoms with Crippen LogP contribution in [0.4, 0.5) is 0 Å². The molecular formula is C13H24O2. The van der Waals surface area contributed by atoms with Crippen molar-refractivity contribution >= 4 is 0 Å². The third-order valence-corrected chi connectivity index (χ3v) is 3.52. The molecule has 88 valence electrons. The maximum absolute atomic E-state index is 9.34. The molecule has 0 aromatic rings. The minimum atomic E-state index is -0.0117. The van der Waals surface area contributed by atoms with Crippen molar-refractivity contribution in [1.29, 1.82) is 0 Å². The lowest BCUT2D eigenvalue weighted by Gasteiger charge is -2.09. The van der Waals surface area contributed by atoms with E-state index in [0.29, 0.717) is 6.61 Å². The first-order chi connectivity index (χ1) is 7.20. The van der Waals surface area contributed by atoms with Gasteiger partial charge in [0.05, 0.1) is 13.2 Å². The molecule has 0 spiro atoms. The SMILES string of the molecule is CCCCCCC1=C(COC)C1(C)CO. The molecule has 2 nitrogen and oxygen atoms in total. The standard InChI is InChI=1S/C13H24O2/c1-4-5-6-7-8-11-12(9-15-3)13(11,2)10-14/h14H,4-10H2,1-3H3. The molecule has 1 aliphatic carbocycles. The molecule has 0 aromatic heterocycles. The summed E-state index contributed by atoms with van der Waals surface area (Å²) in [7, 11) is 1.72. The van der Waals surface area contributed by atoms with Gasteiger partial charge in [0.25, 0.3) is 0 Å². The molecule has 15 heavy (non-hydrogen) atoms. The minimum Gasteiger partial charge on any atom is -0.395 e. The van der Waals surface area contributed by atoms with Gasteiger partial charge in [-0.05, 0) is 25.3 Å². The second-order valence-electron chi connectivity index (χ2n) is 4.69. The van der Waals surface area contributed by atoms with Crippen molar-refractivity contribution in [1.82, 2.24) is 0 Å². The van der Waals surface area contributed by atoms with Crippen LogP contribution in [0.25, 0.3) is 0 Å². The van der Waals surface area contributed by atoms with Crippen LogP contribution in [-0.4, -0.2) is 25.4 Å². The Morgan fingerprint density at radius 3 is 2.47 bits per heavy atom. The maximum Gasteiger partial charge on any atom is 0.0685 e. The summed E-state index contributed by atoms with van der Waals surface area (Å²) in [6, 6.07) is 0. The lowest BCUT2D eigenvalue weighted by atomic mass is 9.99. The molecule has 1 unspecified atom stereocenters. The molecule has 1 N–H and O–H groups in total. The Bertz CT molecular complexity index is 233. The Morgan fingerprint density at radius 1 is 1.20 bits per heavy atom. The lowest BCUT2D eigenvalue weighted by Crippen LogP contribution is -2.09. The zero-order valence-corrected chi connectivity index (χ0v) is 10.3. The molecule has 1 rings (SSSR count). The van der Waals surface area contributed by atoms with Crippen molar-refractivity contribution in [3.05, 3.63) is 11.1 Å². The zero-order valence-electron chi connectivity index (χ0n) is 10.3. The summed E-state index contributed by atoms with van der Waals surface area (Å²) in [6.45, 7) is 5.29. The van der Waals surface area contributed by atoms with E-state index in [0.717, 1.165) is 6.42 Å². The lowest BCUT2D eigenvalue weighted by molar-refractivity contribution is 0.195. The highest BCUT2D eigenvalue weighted by molar-refractivity contribution is 5.48. The second kappa shape index (κ2) is 5.66. The molecule has 1 aliphatic rings. The fourth-order valence-corrected chi connectivity index (χ4v) is 2.30. The van der Waals surface area contributed by atoms with Gasteiger partial charge in [0, 0.05) is 12.5 Å². The largest absolute Gasteiger partial charge is 0.395 e. The summed E-state index contributed by atoms with van der Waals surface area (Å²) < 4.78 is 5.15. The first-order valence-corrected chi connectivity index (χ1v) is 6.03. The van der Waals surface area contributed by atoms with Gasteiger partial charge in [-0.1, -0.05) is 31.8 Å². The van der Waals surface area contributed by atoms with Crippen LogP contribution in [0.15, 0.2) is 11.1 Å². The highest BCUT2D eigenvalue weighted by Gasteiger charge is 2.47. The summed E-state index contributed by atoms with van der Waals surface area (Å²) in [6.07, 6.45) is 6.31. The predicted octanol–water partition coefficient (Wildman–Crippen LogP) is 2.91. The van der Waals surface area contributed by atoms with Gasteiger partial charge in [0.15, 0.2) is 0 Å². The van der Waals surface area contributed by atoms with Crippen LogP contribution >= 0.6 is 0 Å². The van der Waals surface area contributed by atoms with E-state index in [-0.39, 0.29) is 12.0 Å². The first-order valence-electron chi connectivity index (χ1n) is 6.03. The quantitative estimate of drug-likeness (QED) is 0.495. The Kier molecular flexibility index (Phi) is 4.81. The fourth-order valence-electron chi connectivity index (χ4n) is 2.30. The molecule has 0 bridgehead atoms. The number of ether oxygens (including phenoxy) is 1. The van der Waals surface area contributed by atoms with Crippen LogP contribution in [0.1, 0.15) is 46.0 Å². The Morgan fingerprint density at radius 2 is 1.93 bits per heavy atom. The van der Waals surface area contributed by atoms with Crippen LogP contribution < -0.4 is 0 Å².